The van der Waals surface area contributed by atoms with Gasteiger partial charge in [0, 0.05) is 31.8 Å². The van der Waals surface area contributed by atoms with E-state index in [4.69, 9.17) is 16.3 Å². The molecule has 1 aromatic carbocycles. The second-order valence-corrected chi connectivity index (χ2v) is 8.58. The third kappa shape index (κ3) is 4.68. The summed E-state index contributed by atoms with van der Waals surface area (Å²) in [5.41, 5.74) is 0.709. The Bertz CT molecular complexity index is 582. The molecule has 0 aliphatic carbocycles. The third-order valence-corrected chi connectivity index (χ3v) is 6.03. The fourth-order valence-corrected chi connectivity index (χ4v) is 4.15. The molecule has 4 nitrogen and oxygen atoms in total. The molecule has 0 aromatic heterocycles. The zero-order chi connectivity index (χ0) is 15.5. The van der Waals surface area contributed by atoms with Crippen LogP contribution < -0.4 is 0 Å². The van der Waals surface area contributed by atoms with Crippen LogP contribution in [0.15, 0.2) is 24.3 Å². The van der Waals surface area contributed by atoms with E-state index in [1.807, 2.05) is 0 Å². The minimum Gasteiger partial charge on any atom is -0.381 e. The standard InChI is InChI=1S/C15H22ClNO3S/c1-15(6-8-20-9-7-15)12-17(2)21(18,19)11-13-4-3-5-14(16)10-13/h3-5,10H,6-9,11-12H2,1-2H3. The Hall–Kier alpha value is -0.620. The van der Waals surface area contributed by atoms with Crippen molar-refractivity contribution in [1.29, 1.82) is 0 Å². The maximum absolute atomic E-state index is 12.5. The first kappa shape index (κ1) is 16.7. The summed E-state index contributed by atoms with van der Waals surface area (Å²) in [6.45, 7) is 4.07. The Morgan fingerprint density at radius 1 is 1.33 bits per heavy atom. The van der Waals surface area contributed by atoms with Crippen molar-refractivity contribution in [3.05, 3.63) is 34.9 Å². The SMILES string of the molecule is CN(CC1(C)CCOCC1)S(=O)(=O)Cc1cccc(Cl)c1. The first-order valence-electron chi connectivity index (χ1n) is 7.07. The Labute approximate surface area is 132 Å². The van der Waals surface area contributed by atoms with Gasteiger partial charge >= 0.3 is 0 Å². The van der Waals surface area contributed by atoms with Gasteiger partial charge in [0.15, 0.2) is 0 Å². The van der Waals surface area contributed by atoms with Gasteiger partial charge in [-0.3, -0.25) is 0 Å². The lowest BCUT2D eigenvalue weighted by Gasteiger charge is -2.36. The minimum atomic E-state index is -3.33. The molecule has 21 heavy (non-hydrogen) atoms. The molecule has 0 spiro atoms. The van der Waals surface area contributed by atoms with E-state index in [1.165, 1.54) is 4.31 Å². The molecule has 0 bridgehead atoms. The number of benzene rings is 1. The largest absolute Gasteiger partial charge is 0.381 e. The number of nitrogens with zero attached hydrogens (tertiary/aromatic N) is 1. The van der Waals surface area contributed by atoms with E-state index in [9.17, 15) is 8.42 Å². The monoisotopic (exact) mass is 331 g/mol. The smallest absolute Gasteiger partial charge is 0.218 e. The molecule has 0 unspecified atom stereocenters. The Morgan fingerprint density at radius 2 is 2.00 bits per heavy atom. The van der Waals surface area contributed by atoms with Crippen LogP contribution >= 0.6 is 11.6 Å². The molecule has 0 saturated carbocycles. The van der Waals surface area contributed by atoms with Gasteiger partial charge in [0.05, 0.1) is 5.75 Å². The summed E-state index contributed by atoms with van der Waals surface area (Å²) in [4.78, 5) is 0. The van der Waals surface area contributed by atoms with Crippen molar-refractivity contribution in [2.45, 2.75) is 25.5 Å². The maximum Gasteiger partial charge on any atom is 0.218 e. The second kappa shape index (κ2) is 6.65. The molecule has 1 aromatic rings. The van der Waals surface area contributed by atoms with E-state index < -0.39 is 10.0 Å². The topological polar surface area (TPSA) is 46.6 Å². The molecule has 118 valence electrons. The van der Waals surface area contributed by atoms with Gasteiger partial charge in [-0.1, -0.05) is 30.7 Å². The van der Waals surface area contributed by atoms with Gasteiger partial charge in [0.2, 0.25) is 10.0 Å². The Balaban J connectivity index is 2.04. The van der Waals surface area contributed by atoms with E-state index in [2.05, 4.69) is 6.92 Å². The molecule has 1 aliphatic heterocycles. The van der Waals surface area contributed by atoms with Gasteiger partial charge in [-0.2, -0.15) is 0 Å². The molecule has 1 aliphatic rings. The lowest BCUT2D eigenvalue weighted by atomic mass is 9.82. The van der Waals surface area contributed by atoms with E-state index in [0.717, 1.165) is 12.8 Å². The summed E-state index contributed by atoms with van der Waals surface area (Å²) in [7, 11) is -1.68. The van der Waals surface area contributed by atoms with Crippen LogP contribution in [0.5, 0.6) is 0 Å². The summed E-state index contributed by atoms with van der Waals surface area (Å²) >= 11 is 5.91. The highest BCUT2D eigenvalue weighted by atomic mass is 35.5. The normalized spacial score (nSPS) is 18.9. The van der Waals surface area contributed by atoms with Crippen LogP contribution in [0.2, 0.25) is 5.02 Å². The van der Waals surface area contributed by atoms with Crippen LogP contribution in [0, 0.1) is 5.41 Å². The number of rotatable bonds is 5. The lowest BCUT2D eigenvalue weighted by Crippen LogP contribution is -2.40. The predicted molar refractivity (Wildman–Crippen MR) is 84.9 cm³/mol. The van der Waals surface area contributed by atoms with Crippen molar-refractivity contribution in [3.8, 4) is 0 Å². The van der Waals surface area contributed by atoms with Crippen molar-refractivity contribution in [2.75, 3.05) is 26.8 Å². The van der Waals surface area contributed by atoms with Crippen LogP contribution in [0.25, 0.3) is 0 Å². The highest BCUT2D eigenvalue weighted by Gasteiger charge is 2.32. The number of hydrogen-bond donors (Lipinski definition) is 0. The third-order valence-electron chi connectivity index (χ3n) is 4.02. The van der Waals surface area contributed by atoms with Crippen molar-refractivity contribution < 1.29 is 13.2 Å². The quantitative estimate of drug-likeness (QED) is 0.833. The fraction of sp³-hybridized carbons (Fsp3) is 0.600. The average molecular weight is 332 g/mol. The van der Waals surface area contributed by atoms with Crippen LogP contribution in [-0.4, -0.2) is 39.5 Å². The minimum absolute atomic E-state index is 0.00555. The predicted octanol–water partition coefficient (Wildman–Crippen LogP) is 2.92. The highest BCUT2D eigenvalue weighted by molar-refractivity contribution is 7.88. The van der Waals surface area contributed by atoms with E-state index in [1.54, 1.807) is 31.3 Å². The molecular weight excluding hydrogens is 310 g/mol. The van der Waals surface area contributed by atoms with Crippen molar-refractivity contribution in [3.63, 3.8) is 0 Å². The molecular formula is C15H22ClNO3S. The zero-order valence-electron chi connectivity index (χ0n) is 12.5. The van der Waals surface area contributed by atoms with E-state index >= 15 is 0 Å². The van der Waals surface area contributed by atoms with Gasteiger partial charge < -0.3 is 4.74 Å². The second-order valence-electron chi connectivity index (χ2n) is 6.07. The maximum atomic E-state index is 12.5. The highest BCUT2D eigenvalue weighted by Crippen LogP contribution is 2.31. The van der Waals surface area contributed by atoms with Crippen molar-refractivity contribution in [2.24, 2.45) is 5.41 Å². The summed E-state index contributed by atoms with van der Waals surface area (Å²) in [5, 5.41) is 0.557. The molecule has 0 radical (unpaired) electrons. The molecule has 0 amide bonds. The fourth-order valence-electron chi connectivity index (χ4n) is 2.61. The molecule has 2 rings (SSSR count). The van der Waals surface area contributed by atoms with Gasteiger partial charge in [0.1, 0.15) is 0 Å². The Morgan fingerprint density at radius 3 is 2.62 bits per heavy atom. The zero-order valence-corrected chi connectivity index (χ0v) is 14.1. The lowest BCUT2D eigenvalue weighted by molar-refractivity contribution is 0.0174. The van der Waals surface area contributed by atoms with Gasteiger partial charge in [-0.15, -0.1) is 0 Å². The summed E-state index contributed by atoms with van der Waals surface area (Å²) in [6, 6.07) is 6.99. The molecule has 1 saturated heterocycles. The van der Waals surface area contributed by atoms with E-state index in [0.29, 0.717) is 30.3 Å². The molecule has 0 N–H and O–H groups in total. The van der Waals surface area contributed by atoms with E-state index in [-0.39, 0.29) is 11.2 Å². The summed E-state index contributed by atoms with van der Waals surface area (Å²) in [5.74, 6) is -0.0172. The summed E-state index contributed by atoms with van der Waals surface area (Å²) in [6.07, 6.45) is 1.79. The van der Waals surface area contributed by atoms with Gasteiger partial charge in [0.25, 0.3) is 0 Å². The number of ether oxygens (including phenoxy) is 1. The average Bonchev–Trinajstić information content (AvgIpc) is 2.38. The van der Waals surface area contributed by atoms with Crippen LogP contribution in [0.1, 0.15) is 25.3 Å². The van der Waals surface area contributed by atoms with Crippen molar-refractivity contribution >= 4 is 21.6 Å². The number of sulfonamides is 1. The van der Waals surface area contributed by atoms with Gasteiger partial charge in [-0.25, -0.2) is 12.7 Å². The number of hydrogen-bond acceptors (Lipinski definition) is 3. The van der Waals surface area contributed by atoms with Crippen molar-refractivity contribution in [1.82, 2.24) is 4.31 Å². The summed E-state index contributed by atoms with van der Waals surface area (Å²) < 4.78 is 31.8. The van der Waals surface area contributed by atoms with Crippen LogP contribution in [0.3, 0.4) is 0 Å². The molecule has 6 heteroatoms. The molecule has 0 atom stereocenters. The first-order valence-corrected chi connectivity index (χ1v) is 9.06. The molecule has 1 fully saturated rings. The Kier molecular flexibility index (Phi) is 5.30. The molecule has 1 heterocycles. The van der Waals surface area contributed by atoms with Crippen LogP contribution in [0.4, 0.5) is 0 Å². The number of halogens is 1. The van der Waals surface area contributed by atoms with Crippen LogP contribution in [-0.2, 0) is 20.5 Å². The van der Waals surface area contributed by atoms with Gasteiger partial charge in [-0.05, 0) is 36.0 Å². The first-order chi connectivity index (χ1) is 9.81.